The Bertz CT molecular complexity index is 689. The van der Waals surface area contributed by atoms with E-state index in [1.165, 1.54) is 0 Å². The third kappa shape index (κ3) is 3.43. The number of hydroxylamine groups is 1. The van der Waals surface area contributed by atoms with Gasteiger partial charge in [-0.2, -0.15) is 0 Å². The van der Waals surface area contributed by atoms with Crippen LogP contribution in [-0.4, -0.2) is 24.0 Å². The van der Waals surface area contributed by atoms with Gasteiger partial charge in [-0.25, -0.2) is 15.3 Å². The molecule has 0 bridgehead atoms. The lowest BCUT2D eigenvalue weighted by Gasteiger charge is -2.12. The highest BCUT2D eigenvalue weighted by Gasteiger charge is 2.21. The Morgan fingerprint density at radius 1 is 1.04 bits per heavy atom. The second kappa shape index (κ2) is 7.11. The van der Waals surface area contributed by atoms with Gasteiger partial charge in [-0.1, -0.05) is 0 Å². The van der Waals surface area contributed by atoms with Crippen LogP contribution in [0.3, 0.4) is 0 Å². The zero-order valence-electron chi connectivity index (χ0n) is 13.2. The summed E-state index contributed by atoms with van der Waals surface area (Å²) in [7, 11) is 0. The maximum atomic E-state index is 5.64. The number of aliphatic imine (C=N–C) groups is 1. The van der Waals surface area contributed by atoms with Crippen LogP contribution < -0.4 is 15.0 Å². The second-order valence-corrected chi connectivity index (χ2v) is 4.86. The molecule has 0 saturated carbocycles. The fourth-order valence-electron chi connectivity index (χ4n) is 2.28. The van der Waals surface area contributed by atoms with E-state index in [2.05, 4.69) is 15.5 Å². The summed E-state index contributed by atoms with van der Waals surface area (Å²) in [5.41, 5.74) is 4.70. The van der Waals surface area contributed by atoms with Gasteiger partial charge in [0, 0.05) is 23.5 Å². The van der Waals surface area contributed by atoms with Crippen molar-refractivity contribution < 1.29 is 14.3 Å². The number of rotatable bonds is 6. The highest BCUT2D eigenvalue weighted by Crippen LogP contribution is 2.30. The third-order valence-electron chi connectivity index (χ3n) is 3.32. The van der Waals surface area contributed by atoms with E-state index < -0.39 is 0 Å². The van der Waals surface area contributed by atoms with Crippen LogP contribution >= 0.6 is 0 Å². The number of hydrogen-bond acceptors (Lipinski definition) is 6. The number of hydrogen-bond donors (Lipinski definition) is 1. The van der Waals surface area contributed by atoms with Gasteiger partial charge < -0.3 is 9.47 Å². The van der Waals surface area contributed by atoms with Crippen molar-refractivity contribution >= 4 is 5.84 Å². The summed E-state index contributed by atoms with van der Waals surface area (Å²) in [6, 6.07) is 9.47. The molecule has 1 unspecified atom stereocenters. The molecule has 1 aliphatic heterocycles. The highest BCUT2D eigenvalue weighted by atomic mass is 16.7. The molecule has 2 aromatic rings. The van der Waals surface area contributed by atoms with Gasteiger partial charge >= 0.3 is 0 Å². The van der Waals surface area contributed by atoms with Crippen molar-refractivity contribution in [2.45, 2.75) is 20.1 Å². The monoisotopic (exact) mass is 313 g/mol. The van der Waals surface area contributed by atoms with Crippen LogP contribution in [0.5, 0.6) is 11.5 Å². The predicted octanol–water partition coefficient (Wildman–Crippen LogP) is 2.86. The predicted molar refractivity (Wildman–Crippen MR) is 86.5 cm³/mol. The lowest BCUT2D eigenvalue weighted by molar-refractivity contribution is 0.0376. The van der Waals surface area contributed by atoms with Crippen LogP contribution in [0.15, 0.2) is 47.7 Å². The molecule has 1 atom stereocenters. The lowest BCUT2D eigenvalue weighted by atomic mass is 10.2. The maximum Gasteiger partial charge on any atom is 0.202 e. The summed E-state index contributed by atoms with van der Waals surface area (Å²) < 4.78 is 11.2. The Morgan fingerprint density at radius 3 is 2.52 bits per heavy atom. The minimum absolute atomic E-state index is 0.380. The van der Waals surface area contributed by atoms with Crippen molar-refractivity contribution in [3.8, 4) is 11.5 Å². The molecule has 1 aromatic heterocycles. The Morgan fingerprint density at radius 2 is 1.78 bits per heavy atom. The average molecular weight is 313 g/mol. The van der Waals surface area contributed by atoms with E-state index in [0.29, 0.717) is 24.8 Å². The molecule has 1 aromatic carbocycles. The van der Waals surface area contributed by atoms with Crippen LogP contribution in [-0.2, 0) is 4.84 Å². The van der Waals surface area contributed by atoms with E-state index in [-0.39, 0.29) is 6.23 Å². The van der Waals surface area contributed by atoms with E-state index in [0.717, 1.165) is 16.9 Å². The minimum Gasteiger partial charge on any atom is -0.490 e. The number of nitrogens with zero attached hydrogens (tertiary/aromatic N) is 2. The molecule has 0 aliphatic carbocycles. The Balaban J connectivity index is 1.85. The van der Waals surface area contributed by atoms with Crippen molar-refractivity contribution in [2.24, 2.45) is 4.99 Å². The molecule has 1 aliphatic rings. The number of pyridine rings is 1. The summed E-state index contributed by atoms with van der Waals surface area (Å²) in [6.07, 6.45) is 3.06. The first-order valence-electron chi connectivity index (χ1n) is 7.61. The number of amidine groups is 1. The first kappa shape index (κ1) is 15.3. The smallest absolute Gasteiger partial charge is 0.202 e. The summed E-state index contributed by atoms with van der Waals surface area (Å²) in [6.45, 7) is 5.04. The van der Waals surface area contributed by atoms with Crippen molar-refractivity contribution in [2.75, 3.05) is 13.2 Å². The molecule has 6 nitrogen and oxygen atoms in total. The van der Waals surface area contributed by atoms with Crippen molar-refractivity contribution in [3.63, 3.8) is 0 Å². The zero-order chi connectivity index (χ0) is 16.1. The van der Waals surface area contributed by atoms with Gasteiger partial charge in [0.05, 0.1) is 13.2 Å². The molecule has 0 amide bonds. The van der Waals surface area contributed by atoms with Gasteiger partial charge in [0.15, 0.2) is 17.3 Å². The molecule has 1 N–H and O–H groups in total. The molecule has 120 valence electrons. The molecule has 0 saturated heterocycles. The van der Waals surface area contributed by atoms with Crippen LogP contribution in [0.4, 0.5) is 0 Å². The van der Waals surface area contributed by atoms with Gasteiger partial charge in [-0.05, 0) is 44.2 Å². The molecule has 6 heteroatoms. The molecule has 23 heavy (non-hydrogen) atoms. The Labute approximate surface area is 135 Å². The fourth-order valence-corrected chi connectivity index (χ4v) is 2.28. The van der Waals surface area contributed by atoms with Crippen LogP contribution in [0.2, 0.25) is 0 Å². The highest BCUT2D eigenvalue weighted by molar-refractivity contribution is 5.99. The largest absolute Gasteiger partial charge is 0.490 e. The van der Waals surface area contributed by atoms with Gasteiger partial charge in [0.2, 0.25) is 6.23 Å². The van der Waals surface area contributed by atoms with Crippen LogP contribution in [0, 0.1) is 0 Å². The fraction of sp³-hybridized carbons (Fsp3) is 0.294. The molecule has 0 spiro atoms. The topological polar surface area (TPSA) is 65.0 Å². The van der Waals surface area contributed by atoms with Crippen molar-refractivity contribution in [1.29, 1.82) is 0 Å². The molecule has 3 rings (SSSR count). The van der Waals surface area contributed by atoms with E-state index >= 15 is 0 Å². The van der Waals surface area contributed by atoms with Gasteiger partial charge in [0.25, 0.3) is 0 Å². The standard InChI is InChI=1S/C17H19N3O3/c1-3-21-14-6-5-13(11-15(14)22-4-2)16-19-17(23-20-16)12-7-9-18-10-8-12/h5-11,17H,3-4H2,1-2H3,(H,19,20). The van der Waals surface area contributed by atoms with E-state index in [9.17, 15) is 0 Å². The molecule has 0 radical (unpaired) electrons. The summed E-state index contributed by atoms with van der Waals surface area (Å²) in [4.78, 5) is 14.1. The molecule has 0 fully saturated rings. The SMILES string of the molecule is CCOc1ccc(C2=NC(c3ccncc3)ON2)cc1OCC. The van der Waals surface area contributed by atoms with E-state index in [4.69, 9.17) is 14.3 Å². The maximum absolute atomic E-state index is 5.64. The summed E-state index contributed by atoms with van der Waals surface area (Å²) in [5, 5.41) is 0. The normalized spacial score (nSPS) is 16.6. The third-order valence-corrected chi connectivity index (χ3v) is 3.32. The lowest BCUT2D eigenvalue weighted by Crippen LogP contribution is -2.18. The second-order valence-electron chi connectivity index (χ2n) is 4.86. The number of benzene rings is 1. The van der Waals surface area contributed by atoms with Crippen molar-refractivity contribution in [1.82, 2.24) is 10.5 Å². The Kier molecular flexibility index (Phi) is 4.73. The van der Waals surface area contributed by atoms with Gasteiger partial charge in [-0.15, -0.1) is 0 Å². The zero-order valence-corrected chi connectivity index (χ0v) is 13.2. The average Bonchev–Trinajstić information content (AvgIpc) is 3.08. The van der Waals surface area contributed by atoms with E-state index in [1.54, 1.807) is 12.4 Å². The minimum atomic E-state index is -0.380. The number of aromatic nitrogens is 1. The summed E-state index contributed by atoms with van der Waals surface area (Å²) in [5.74, 6) is 2.09. The van der Waals surface area contributed by atoms with E-state index in [1.807, 2.05) is 44.2 Å². The molecular formula is C17H19N3O3. The van der Waals surface area contributed by atoms with Crippen LogP contribution in [0.25, 0.3) is 0 Å². The van der Waals surface area contributed by atoms with Gasteiger partial charge in [-0.3, -0.25) is 4.98 Å². The van der Waals surface area contributed by atoms with Crippen molar-refractivity contribution in [3.05, 3.63) is 53.9 Å². The van der Waals surface area contributed by atoms with Crippen LogP contribution in [0.1, 0.15) is 31.2 Å². The first-order chi connectivity index (χ1) is 11.3. The molecule has 2 heterocycles. The summed E-state index contributed by atoms with van der Waals surface area (Å²) >= 11 is 0. The number of ether oxygens (including phenoxy) is 2. The first-order valence-corrected chi connectivity index (χ1v) is 7.61. The number of nitrogens with one attached hydrogen (secondary N) is 1. The molecular weight excluding hydrogens is 294 g/mol. The quantitative estimate of drug-likeness (QED) is 0.888. The van der Waals surface area contributed by atoms with Gasteiger partial charge in [0.1, 0.15) is 0 Å². The Hall–Kier alpha value is -2.60.